The van der Waals surface area contributed by atoms with Gasteiger partial charge in [-0.3, -0.25) is 9.59 Å². The molecule has 126 valence electrons. The molecule has 1 aliphatic carbocycles. The van der Waals surface area contributed by atoms with E-state index in [0.29, 0.717) is 22.5 Å². The fourth-order valence-electron chi connectivity index (χ4n) is 3.55. The number of anilines is 1. The Balaban J connectivity index is 1.61. The van der Waals surface area contributed by atoms with Gasteiger partial charge in [0.25, 0.3) is 5.91 Å². The van der Waals surface area contributed by atoms with E-state index in [1.165, 1.54) is 11.3 Å². The molecule has 0 aromatic carbocycles. The third-order valence-corrected chi connectivity index (χ3v) is 6.11. The highest BCUT2D eigenvalue weighted by Gasteiger charge is 2.29. The topological polar surface area (TPSA) is 71.1 Å². The van der Waals surface area contributed by atoms with Crippen molar-refractivity contribution in [1.82, 2.24) is 10.3 Å². The molecule has 0 bridgehead atoms. The molecule has 2 N–H and O–H groups in total. The molecule has 0 unspecified atom stereocenters. The van der Waals surface area contributed by atoms with Gasteiger partial charge < -0.3 is 10.6 Å². The van der Waals surface area contributed by atoms with E-state index in [2.05, 4.69) is 29.5 Å². The van der Waals surface area contributed by atoms with Crippen LogP contribution in [0.4, 0.5) is 5.13 Å². The number of thiazole rings is 1. The standard InChI is InChI=1S/C17H25N3O2S/c1-10(2)11-5-7-12(8-6-11)15(21)20-17-19-13-4-3-9-18-16(22)14(13)23-17/h10-12H,3-9H2,1-2H3,(H,18,22)(H,19,20,21). The van der Waals surface area contributed by atoms with E-state index in [0.717, 1.165) is 50.1 Å². The van der Waals surface area contributed by atoms with Crippen LogP contribution in [0.3, 0.4) is 0 Å². The molecule has 6 heteroatoms. The van der Waals surface area contributed by atoms with E-state index in [4.69, 9.17) is 0 Å². The summed E-state index contributed by atoms with van der Waals surface area (Å²) in [5.41, 5.74) is 0.823. The zero-order chi connectivity index (χ0) is 16.4. The smallest absolute Gasteiger partial charge is 0.263 e. The quantitative estimate of drug-likeness (QED) is 0.891. The van der Waals surface area contributed by atoms with Crippen LogP contribution in [0.2, 0.25) is 0 Å². The molecule has 2 heterocycles. The van der Waals surface area contributed by atoms with Crippen molar-refractivity contribution in [2.24, 2.45) is 17.8 Å². The summed E-state index contributed by atoms with van der Waals surface area (Å²) < 4.78 is 0. The molecule has 23 heavy (non-hydrogen) atoms. The lowest BCUT2D eigenvalue weighted by atomic mass is 9.77. The maximum atomic E-state index is 12.5. The predicted octanol–water partition coefficient (Wildman–Crippen LogP) is 3.22. The first kappa shape index (κ1) is 16.4. The molecule has 2 aliphatic rings. The van der Waals surface area contributed by atoms with E-state index < -0.39 is 0 Å². The van der Waals surface area contributed by atoms with Crippen molar-refractivity contribution in [1.29, 1.82) is 0 Å². The third kappa shape index (κ3) is 3.74. The molecule has 1 fully saturated rings. The van der Waals surface area contributed by atoms with E-state index in [-0.39, 0.29) is 17.7 Å². The lowest BCUT2D eigenvalue weighted by molar-refractivity contribution is -0.121. The Hall–Kier alpha value is -1.43. The number of aromatic nitrogens is 1. The van der Waals surface area contributed by atoms with Gasteiger partial charge in [0.05, 0.1) is 5.69 Å². The van der Waals surface area contributed by atoms with Crippen LogP contribution in [0.5, 0.6) is 0 Å². The zero-order valence-corrected chi connectivity index (χ0v) is 14.7. The summed E-state index contributed by atoms with van der Waals surface area (Å²) in [7, 11) is 0. The van der Waals surface area contributed by atoms with Crippen molar-refractivity contribution in [2.75, 3.05) is 11.9 Å². The van der Waals surface area contributed by atoms with Gasteiger partial charge in [0, 0.05) is 12.5 Å². The lowest BCUT2D eigenvalue weighted by Gasteiger charge is -2.29. The summed E-state index contributed by atoms with van der Waals surface area (Å²) in [4.78, 5) is 29.5. The van der Waals surface area contributed by atoms with Crippen LogP contribution in [0.1, 0.15) is 61.3 Å². The number of hydrogen-bond donors (Lipinski definition) is 2. The van der Waals surface area contributed by atoms with Gasteiger partial charge in [-0.2, -0.15) is 0 Å². The monoisotopic (exact) mass is 335 g/mol. The van der Waals surface area contributed by atoms with Crippen LogP contribution in [0.25, 0.3) is 0 Å². The fraction of sp³-hybridized carbons (Fsp3) is 0.706. The normalized spacial score (nSPS) is 24.7. The number of carbonyl (C=O) groups excluding carboxylic acids is 2. The number of carbonyl (C=O) groups is 2. The molecule has 0 spiro atoms. The van der Waals surface area contributed by atoms with Crippen molar-refractivity contribution in [3.05, 3.63) is 10.6 Å². The van der Waals surface area contributed by atoms with Gasteiger partial charge in [-0.1, -0.05) is 25.2 Å². The first-order chi connectivity index (χ1) is 11.0. The largest absolute Gasteiger partial charge is 0.351 e. The van der Waals surface area contributed by atoms with Gasteiger partial charge in [-0.15, -0.1) is 0 Å². The summed E-state index contributed by atoms with van der Waals surface area (Å²) in [5.74, 6) is 1.54. The Kier molecular flexibility index (Phi) is 4.99. The van der Waals surface area contributed by atoms with Crippen LogP contribution in [-0.2, 0) is 11.2 Å². The molecular formula is C17H25N3O2S. The molecule has 0 radical (unpaired) electrons. The summed E-state index contributed by atoms with van der Waals surface area (Å²) in [6.07, 6.45) is 5.87. The maximum absolute atomic E-state index is 12.5. The van der Waals surface area contributed by atoms with Gasteiger partial charge in [0.2, 0.25) is 5.91 Å². The Morgan fingerprint density at radius 3 is 2.74 bits per heavy atom. The number of hydrogen-bond acceptors (Lipinski definition) is 4. The fourth-order valence-corrected chi connectivity index (χ4v) is 4.48. The second-order valence-electron chi connectivity index (χ2n) is 7.00. The molecule has 0 saturated heterocycles. The minimum atomic E-state index is -0.0621. The maximum Gasteiger partial charge on any atom is 0.263 e. The highest BCUT2D eigenvalue weighted by atomic mass is 32.1. The molecule has 1 aromatic rings. The van der Waals surface area contributed by atoms with Crippen LogP contribution in [0, 0.1) is 17.8 Å². The molecular weight excluding hydrogens is 310 g/mol. The Morgan fingerprint density at radius 2 is 2.04 bits per heavy atom. The minimum absolute atomic E-state index is 0.0621. The SMILES string of the molecule is CC(C)C1CCC(C(=O)Nc2nc3c(s2)C(=O)NCCC3)CC1. The number of fused-ring (bicyclic) bond motifs is 1. The van der Waals surface area contributed by atoms with E-state index in [1.807, 2.05) is 0 Å². The number of nitrogens with one attached hydrogen (secondary N) is 2. The van der Waals surface area contributed by atoms with Gasteiger partial charge in [0.15, 0.2) is 5.13 Å². The molecule has 1 aliphatic heterocycles. The first-order valence-electron chi connectivity index (χ1n) is 8.63. The summed E-state index contributed by atoms with van der Waals surface area (Å²) in [6, 6.07) is 0. The molecule has 5 nitrogen and oxygen atoms in total. The Labute approximate surface area is 141 Å². The average Bonchev–Trinajstić information content (AvgIpc) is 2.86. The number of nitrogens with zero attached hydrogens (tertiary/aromatic N) is 1. The van der Waals surface area contributed by atoms with Crippen molar-refractivity contribution in [3.63, 3.8) is 0 Å². The highest BCUT2D eigenvalue weighted by molar-refractivity contribution is 7.17. The van der Waals surface area contributed by atoms with Crippen molar-refractivity contribution in [2.45, 2.75) is 52.4 Å². The Bertz CT molecular complexity index is 589. The van der Waals surface area contributed by atoms with Crippen molar-refractivity contribution >= 4 is 28.3 Å². The molecule has 2 amide bonds. The van der Waals surface area contributed by atoms with Gasteiger partial charge in [0.1, 0.15) is 4.88 Å². The van der Waals surface area contributed by atoms with Crippen molar-refractivity contribution in [3.8, 4) is 0 Å². The number of rotatable bonds is 3. The highest BCUT2D eigenvalue weighted by Crippen LogP contribution is 2.34. The van der Waals surface area contributed by atoms with Crippen LogP contribution < -0.4 is 10.6 Å². The summed E-state index contributed by atoms with van der Waals surface area (Å²) in [6.45, 7) is 5.22. The number of aryl methyl sites for hydroxylation is 1. The Morgan fingerprint density at radius 1 is 1.30 bits per heavy atom. The second kappa shape index (κ2) is 6.99. The molecule has 3 rings (SSSR count). The van der Waals surface area contributed by atoms with E-state index in [9.17, 15) is 9.59 Å². The van der Waals surface area contributed by atoms with Gasteiger partial charge >= 0.3 is 0 Å². The van der Waals surface area contributed by atoms with Crippen LogP contribution >= 0.6 is 11.3 Å². The zero-order valence-electron chi connectivity index (χ0n) is 13.9. The average molecular weight is 335 g/mol. The summed E-state index contributed by atoms with van der Waals surface area (Å²) >= 11 is 1.30. The summed E-state index contributed by atoms with van der Waals surface area (Å²) in [5, 5.41) is 6.38. The van der Waals surface area contributed by atoms with E-state index in [1.54, 1.807) is 0 Å². The van der Waals surface area contributed by atoms with Gasteiger partial charge in [-0.05, 0) is 50.4 Å². The first-order valence-corrected chi connectivity index (χ1v) is 9.45. The predicted molar refractivity (Wildman–Crippen MR) is 91.7 cm³/mol. The lowest BCUT2D eigenvalue weighted by Crippen LogP contribution is -2.28. The molecule has 0 atom stereocenters. The van der Waals surface area contributed by atoms with Crippen LogP contribution in [-0.4, -0.2) is 23.3 Å². The van der Waals surface area contributed by atoms with E-state index >= 15 is 0 Å². The molecule has 1 saturated carbocycles. The van der Waals surface area contributed by atoms with Crippen molar-refractivity contribution < 1.29 is 9.59 Å². The minimum Gasteiger partial charge on any atom is -0.351 e. The second-order valence-corrected chi connectivity index (χ2v) is 8.00. The van der Waals surface area contributed by atoms with Gasteiger partial charge in [-0.25, -0.2) is 4.98 Å². The van der Waals surface area contributed by atoms with Crippen LogP contribution in [0.15, 0.2) is 0 Å². The molecule has 1 aromatic heterocycles. The third-order valence-electron chi connectivity index (χ3n) is 5.10. The number of amides is 2.